The molecule has 52 valence electrons. The minimum absolute atomic E-state index is 0.0689. The van der Waals surface area contributed by atoms with Crippen LogP contribution in [0.15, 0.2) is 6.20 Å². The molecule has 0 unspecified atom stereocenters. The Labute approximate surface area is 57.3 Å². The molecule has 0 aromatic carbocycles. The topological polar surface area (TPSA) is 102 Å². The fraction of sp³-hybridized carbons (Fsp3) is 0. The van der Waals surface area contributed by atoms with E-state index in [-0.39, 0.29) is 5.84 Å². The summed E-state index contributed by atoms with van der Waals surface area (Å²) in [5, 5.41) is 13.7. The lowest BCUT2D eigenvalue weighted by Gasteiger charge is -1.86. The molecule has 0 spiro atoms. The molecule has 1 aromatic heterocycles. The number of nitrogens with one attached hydrogen (secondary N) is 3. The smallest absolute Gasteiger partial charge is 0.148 e. The van der Waals surface area contributed by atoms with Gasteiger partial charge in [0.2, 0.25) is 0 Å². The maximum absolute atomic E-state index is 6.96. The summed E-state index contributed by atoms with van der Waals surface area (Å²) in [4.78, 5) is 6.40. The molecule has 0 amide bonds. The lowest BCUT2D eigenvalue weighted by molar-refractivity contribution is 1.25. The van der Waals surface area contributed by atoms with Gasteiger partial charge in [-0.15, -0.1) is 0 Å². The molecule has 0 aliphatic carbocycles. The number of aromatic amines is 1. The third kappa shape index (κ3) is 1.02. The average molecular weight is 137 g/mol. The summed E-state index contributed by atoms with van der Waals surface area (Å²) in [6, 6.07) is 0. The van der Waals surface area contributed by atoms with Crippen LogP contribution in [0.3, 0.4) is 0 Å². The molecule has 0 aliphatic heterocycles. The second kappa shape index (κ2) is 2.30. The van der Waals surface area contributed by atoms with Gasteiger partial charge >= 0.3 is 0 Å². The normalized spacial score (nSPS) is 9.20. The van der Waals surface area contributed by atoms with Gasteiger partial charge in [0.1, 0.15) is 17.4 Å². The number of hydrogen-bond donors (Lipinski definition) is 4. The van der Waals surface area contributed by atoms with E-state index in [1.165, 1.54) is 6.20 Å². The Bertz CT molecular complexity index is 261. The number of imidazole rings is 1. The van der Waals surface area contributed by atoms with Gasteiger partial charge in [0.05, 0.1) is 12.4 Å². The van der Waals surface area contributed by atoms with E-state index in [0.29, 0.717) is 11.5 Å². The zero-order valence-electron chi connectivity index (χ0n) is 5.18. The summed E-state index contributed by atoms with van der Waals surface area (Å²) in [5.74, 6) is 0.339. The second-order valence-electron chi connectivity index (χ2n) is 1.74. The van der Waals surface area contributed by atoms with Gasteiger partial charge < -0.3 is 16.1 Å². The lowest BCUT2D eigenvalue weighted by Crippen LogP contribution is -2.11. The van der Waals surface area contributed by atoms with Crippen LogP contribution in [0, 0.1) is 10.8 Å². The van der Waals surface area contributed by atoms with Crippen LogP contribution in [-0.4, -0.2) is 22.0 Å². The lowest BCUT2D eigenvalue weighted by atomic mass is 10.4. The summed E-state index contributed by atoms with van der Waals surface area (Å²) in [6.45, 7) is 0. The molecule has 1 aromatic rings. The number of nitrogens with zero attached hydrogens (tertiary/aromatic N) is 1. The average Bonchev–Trinajstić information content (AvgIpc) is 2.34. The highest BCUT2D eigenvalue weighted by Gasteiger charge is 1.98. The van der Waals surface area contributed by atoms with Crippen LogP contribution in [0.5, 0.6) is 0 Å². The van der Waals surface area contributed by atoms with E-state index in [4.69, 9.17) is 16.6 Å². The summed E-state index contributed by atoms with van der Waals surface area (Å²) in [7, 11) is 0. The van der Waals surface area contributed by atoms with E-state index in [1.807, 2.05) is 0 Å². The molecule has 0 bridgehead atoms. The van der Waals surface area contributed by atoms with Crippen molar-refractivity contribution in [2.45, 2.75) is 0 Å². The molecule has 5 N–H and O–H groups in total. The van der Waals surface area contributed by atoms with Crippen molar-refractivity contribution < 1.29 is 0 Å². The highest BCUT2D eigenvalue weighted by Crippen LogP contribution is 1.91. The second-order valence-corrected chi connectivity index (χ2v) is 1.74. The largest absolute Gasteiger partial charge is 0.382 e. The molecule has 1 rings (SSSR count). The monoisotopic (exact) mass is 137 g/mol. The predicted octanol–water partition coefficient (Wildman–Crippen LogP) is -0.309. The molecule has 10 heavy (non-hydrogen) atoms. The third-order valence-corrected chi connectivity index (χ3v) is 1.02. The van der Waals surface area contributed by atoms with Gasteiger partial charge in [0.25, 0.3) is 0 Å². The van der Waals surface area contributed by atoms with Crippen molar-refractivity contribution in [3.63, 3.8) is 0 Å². The molecule has 0 saturated heterocycles. The Balaban J connectivity index is 2.98. The van der Waals surface area contributed by atoms with E-state index in [1.54, 1.807) is 0 Å². The van der Waals surface area contributed by atoms with E-state index in [0.717, 1.165) is 6.21 Å². The first-order valence-electron chi connectivity index (χ1n) is 2.64. The Morgan fingerprint density at radius 1 is 1.80 bits per heavy atom. The molecule has 5 heteroatoms. The van der Waals surface area contributed by atoms with Gasteiger partial charge in [0, 0.05) is 0 Å². The summed E-state index contributed by atoms with van der Waals surface area (Å²) in [6.07, 6.45) is 2.48. The molecule has 1 heterocycles. The van der Waals surface area contributed by atoms with E-state index in [2.05, 4.69) is 9.97 Å². The number of H-pyrrole nitrogens is 1. The van der Waals surface area contributed by atoms with Crippen molar-refractivity contribution in [2.75, 3.05) is 0 Å². The summed E-state index contributed by atoms with van der Waals surface area (Å²) in [5.41, 5.74) is 5.56. The van der Waals surface area contributed by atoms with E-state index < -0.39 is 0 Å². The van der Waals surface area contributed by atoms with Crippen molar-refractivity contribution in [1.29, 1.82) is 10.8 Å². The first kappa shape index (κ1) is 6.47. The van der Waals surface area contributed by atoms with Crippen molar-refractivity contribution >= 4 is 12.1 Å². The zero-order valence-corrected chi connectivity index (χ0v) is 5.18. The molecule has 0 atom stereocenters. The van der Waals surface area contributed by atoms with Gasteiger partial charge in [-0.2, -0.15) is 0 Å². The van der Waals surface area contributed by atoms with Crippen LogP contribution >= 0.6 is 0 Å². The number of hydrogen-bond acceptors (Lipinski definition) is 3. The molecule has 0 aliphatic rings. The minimum atomic E-state index is -0.0689. The zero-order chi connectivity index (χ0) is 7.56. The van der Waals surface area contributed by atoms with Crippen molar-refractivity contribution in [2.24, 2.45) is 5.73 Å². The number of nitrogens with two attached hydrogens (primary N) is 1. The fourth-order valence-corrected chi connectivity index (χ4v) is 0.547. The fourth-order valence-electron chi connectivity index (χ4n) is 0.547. The van der Waals surface area contributed by atoms with Gasteiger partial charge in [0.15, 0.2) is 0 Å². The molecular formula is C5H7N5. The van der Waals surface area contributed by atoms with E-state index in [9.17, 15) is 0 Å². The summed E-state index contributed by atoms with van der Waals surface area (Å²) >= 11 is 0. The maximum atomic E-state index is 6.96. The van der Waals surface area contributed by atoms with Crippen molar-refractivity contribution in [3.8, 4) is 0 Å². The summed E-state index contributed by atoms with van der Waals surface area (Å²) < 4.78 is 0. The van der Waals surface area contributed by atoms with Crippen LogP contribution in [0.4, 0.5) is 0 Å². The predicted molar refractivity (Wildman–Crippen MR) is 37.5 cm³/mol. The molecule has 0 saturated carbocycles. The Morgan fingerprint density at radius 3 is 2.80 bits per heavy atom. The Morgan fingerprint density at radius 2 is 2.50 bits per heavy atom. The van der Waals surface area contributed by atoms with Crippen LogP contribution in [0.1, 0.15) is 11.5 Å². The van der Waals surface area contributed by atoms with Crippen molar-refractivity contribution in [1.82, 2.24) is 9.97 Å². The van der Waals surface area contributed by atoms with Gasteiger partial charge in [-0.1, -0.05) is 0 Å². The third-order valence-electron chi connectivity index (χ3n) is 1.02. The first-order chi connectivity index (χ1) is 4.74. The van der Waals surface area contributed by atoms with Crippen LogP contribution in [0.25, 0.3) is 0 Å². The van der Waals surface area contributed by atoms with Gasteiger partial charge in [-0.05, 0) is 0 Å². The standard InChI is InChI=1S/C5H7N5/c6-1-4-9-2-3(10-4)5(7)8/h1-2,6H,(H3,7,8)(H,9,10). The SMILES string of the molecule is N=Cc1ncc(C(=N)N)[nH]1. The van der Waals surface area contributed by atoms with Crippen LogP contribution in [0.2, 0.25) is 0 Å². The molecule has 0 fully saturated rings. The van der Waals surface area contributed by atoms with Crippen LogP contribution in [-0.2, 0) is 0 Å². The van der Waals surface area contributed by atoms with Gasteiger partial charge in [-0.25, -0.2) is 4.98 Å². The minimum Gasteiger partial charge on any atom is -0.382 e. The van der Waals surface area contributed by atoms with E-state index >= 15 is 0 Å². The Kier molecular flexibility index (Phi) is 1.49. The molecular weight excluding hydrogens is 130 g/mol. The quantitative estimate of drug-likeness (QED) is 0.332. The first-order valence-corrected chi connectivity index (χ1v) is 2.64. The van der Waals surface area contributed by atoms with Crippen molar-refractivity contribution in [3.05, 3.63) is 17.7 Å². The van der Waals surface area contributed by atoms with Crippen LogP contribution < -0.4 is 5.73 Å². The number of nitrogen functional groups attached to an aromatic ring is 1. The molecule has 0 radical (unpaired) electrons. The maximum Gasteiger partial charge on any atom is 0.148 e. The molecule has 5 nitrogen and oxygen atoms in total. The highest BCUT2D eigenvalue weighted by atomic mass is 14.9. The number of amidine groups is 1. The number of rotatable bonds is 2. The number of aromatic nitrogens is 2. The highest BCUT2D eigenvalue weighted by molar-refractivity contribution is 5.93. The Hall–Kier alpha value is -1.65. The van der Waals surface area contributed by atoms with Gasteiger partial charge in [-0.3, -0.25) is 5.41 Å².